The number of rotatable bonds is 1. The fraction of sp³-hybridized carbons (Fsp3) is 0.857. The molecule has 5 heteroatoms. The number of primary amides is 1. The van der Waals surface area contributed by atoms with Crippen molar-refractivity contribution in [3.63, 3.8) is 0 Å². The number of ether oxygens (including phenoxy) is 3. The second kappa shape index (κ2) is 3.28. The van der Waals surface area contributed by atoms with E-state index in [4.69, 9.17) is 15.2 Å². The van der Waals surface area contributed by atoms with Crippen molar-refractivity contribution in [2.75, 3.05) is 13.2 Å². The summed E-state index contributed by atoms with van der Waals surface area (Å²) in [6, 6.07) is 0. The van der Waals surface area contributed by atoms with Crippen LogP contribution in [0.5, 0.6) is 0 Å². The summed E-state index contributed by atoms with van der Waals surface area (Å²) in [4.78, 5) is 10.3. The summed E-state index contributed by atoms with van der Waals surface area (Å²) in [5.74, 6) is -0.586. The highest BCUT2D eigenvalue weighted by Crippen LogP contribution is 2.18. The Morgan fingerprint density at radius 1 is 1.50 bits per heavy atom. The molecule has 1 aliphatic heterocycles. The second-order valence-electron chi connectivity index (χ2n) is 3.08. The highest BCUT2D eigenvalue weighted by Gasteiger charge is 2.29. The maximum Gasteiger partial charge on any atom is 0.404 e. The molecule has 5 nitrogen and oxygen atoms in total. The average Bonchev–Trinajstić information content (AvgIpc) is 1.93. The number of hydrogen-bond donors (Lipinski definition) is 1. The van der Waals surface area contributed by atoms with Crippen LogP contribution in [0.3, 0.4) is 0 Å². The van der Waals surface area contributed by atoms with Gasteiger partial charge in [0.1, 0.15) is 0 Å². The molecule has 0 spiro atoms. The van der Waals surface area contributed by atoms with Gasteiger partial charge in [-0.25, -0.2) is 4.79 Å². The average molecular weight is 175 g/mol. The topological polar surface area (TPSA) is 70.8 Å². The van der Waals surface area contributed by atoms with Gasteiger partial charge in [0, 0.05) is 0 Å². The van der Waals surface area contributed by atoms with E-state index in [1.165, 1.54) is 0 Å². The summed E-state index contributed by atoms with van der Waals surface area (Å²) in [5, 5.41) is 0. The molecule has 1 fully saturated rings. The molecule has 0 unspecified atom stereocenters. The van der Waals surface area contributed by atoms with Crippen molar-refractivity contribution < 1.29 is 19.0 Å². The van der Waals surface area contributed by atoms with Crippen LogP contribution in [0.2, 0.25) is 0 Å². The Morgan fingerprint density at radius 2 is 2.00 bits per heavy atom. The molecule has 1 rings (SSSR count). The lowest BCUT2D eigenvalue weighted by Crippen LogP contribution is -2.44. The zero-order valence-corrected chi connectivity index (χ0v) is 7.20. The van der Waals surface area contributed by atoms with E-state index in [0.717, 1.165) is 0 Å². The highest BCUT2D eigenvalue weighted by molar-refractivity contribution is 5.64. The first-order chi connectivity index (χ1) is 5.49. The number of amides is 1. The minimum absolute atomic E-state index is 0.329. The lowest BCUT2D eigenvalue weighted by atomic mass is 10.3. The number of nitrogens with two attached hydrogens (primary N) is 1. The summed E-state index contributed by atoms with van der Waals surface area (Å²) < 4.78 is 15.1. The minimum Gasteiger partial charge on any atom is -0.441 e. The summed E-state index contributed by atoms with van der Waals surface area (Å²) >= 11 is 0. The zero-order chi connectivity index (χ0) is 9.19. The molecule has 0 atom stereocenters. The zero-order valence-electron chi connectivity index (χ0n) is 7.20. The lowest BCUT2D eigenvalue weighted by Gasteiger charge is -2.34. The van der Waals surface area contributed by atoms with Crippen LogP contribution in [0.25, 0.3) is 0 Å². The van der Waals surface area contributed by atoms with Crippen molar-refractivity contribution in [2.45, 2.75) is 25.7 Å². The molecule has 70 valence electrons. The maximum atomic E-state index is 10.3. The molecule has 0 radical (unpaired) electrons. The molecule has 1 heterocycles. The van der Waals surface area contributed by atoms with E-state index >= 15 is 0 Å². The van der Waals surface area contributed by atoms with Gasteiger partial charge >= 0.3 is 6.09 Å². The van der Waals surface area contributed by atoms with Crippen LogP contribution in [0.15, 0.2) is 0 Å². The van der Waals surface area contributed by atoms with Crippen LogP contribution >= 0.6 is 0 Å². The van der Waals surface area contributed by atoms with Crippen LogP contribution in [-0.4, -0.2) is 31.2 Å². The Hall–Kier alpha value is -0.810. The first-order valence-electron chi connectivity index (χ1n) is 3.73. The van der Waals surface area contributed by atoms with Gasteiger partial charge in [-0.2, -0.15) is 0 Å². The molecule has 2 N–H and O–H groups in total. The van der Waals surface area contributed by atoms with Gasteiger partial charge in [-0.3, -0.25) is 0 Å². The van der Waals surface area contributed by atoms with E-state index < -0.39 is 11.9 Å². The van der Waals surface area contributed by atoms with E-state index in [0.29, 0.717) is 13.2 Å². The molecule has 1 amide bonds. The van der Waals surface area contributed by atoms with Gasteiger partial charge < -0.3 is 19.9 Å². The Kier molecular flexibility index (Phi) is 2.54. The Morgan fingerprint density at radius 3 is 2.42 bits per heavy atom. The predicted molar refractivity (Wildman–Crippen MR) is 40.4 cm³/mol. The molecule has 1 aliphatic rings. The van der Waals surface area contributed by atoms with E-state index in [1.54, 1.807) is 13.8 Å². The molecule has 0 aromatic heterocycles. The monoisotopic (exact) mass is 175 g/mol. The van der Waals surface area contributed by atoms with Crippen molar-refractivity contribution >= 4 is 6.09 Å². The normalized spacial score (nSPS) is 23.5. The van der Waals surface area contributed by atoms with Crippen LogP contribution in [0, 0.1) is 0 Å². The Labute approximate surface area is 70.8 Å². The molecule has 1 saturated heterocycles. The van der Waals surface area contributed by atoms with Gasteiger partial charge in [0.2, 0.25) is 0 Å². The molecular weight excluding hydrogens is 162 g/mol. The first-order valence-corrected chi connectivity index (χ1v) is 3.73. The van der Waals surface area contributed by atoms with Crippen molar-refractivity contribution in [1.29, 1.82) is 0 Å². The predicted octanol–water partition coefficient (Wildman–Crippen LogP) is 0.233. The van der Waals surface area contributed by atoms with Gasteiger partial charge in [0.05, 0.1) is 13.2 Å². The van der Waals surface area contributed by atoms with Crippen LogP contribution in [0.4, 0.5) is 4.79 Å². The molecule has 0 aromatic carbocycles. The smallest absolute Gasteiger partial charge is 0.404 e. The summed E-state index contributed by atoms with van der Waals surface area (Å²) in [6.07, 6.45) is -1.18. The third-order valence-electron chi connectivity index (χ3n) is 1.52. The Bertz CT molecular complexity index is 170. The number of hydrogen-bond acceptors (Lipinski definition) is 4. The maximum absolute atomic E-state index is 10.3. The van der Waals surface area contributed by atoms with Gasteiger partial charge in [-0.1, -0.05) is 0 Å². The standard InChI is InChI=1S/C7H13NO4/c1-7(2)10-3-5(4-11-7)12-6(8)9/h5H,3-4H2,1-2H3,(H2,8,9). The molecular formula is C7H13NO4. The van der Waals surface area contributed by atoms with E-state index in [2.05, 4.69) is 4.74 Å². The van der Waals surface area contributed by atoms with E-state index in [9.17, 15) is 4.79 Å². The fourth-order valence-electron chi connectivity index (χ4n) is 0.909. The van der Waals surface area contributed by atoms with E-state index in [-0.39, 0.29) is 6.10 Å². The van der Waals surface area contributed by atoms with Gasteiger partial charge in [-0.15, -0.1) is 0 Å². The van der Waals surface area contributed by atoms with Crippen LogP contribution in [-0.2, 0) is 14.2 Å². The second-order valence-corrected chi connectivity index (χ2v) is 3.08. The van der Waals surface area contributed by atoms with Crippen molar-refractivity contribution in [3.8, 4) is 0 Å². The summed E-state index contributed by atoms with van der Waals surface area (Å²) in [7, 11) is 0. The minimum atomic E-state index is -0.799. The SMILES string of the molecule is CC1(C)OCC(OC(N)=O)CO1. The number of carbonyl (C=O) groups is 1. The first kappa shape index (κ1) is 9.28. The molecule has 0 saturated carbocycles. The van der Waals surface area contributed by atoms with Crippen LogP contribution in [0.1, 0.15) is 13.8 Å². The van der Waals surface area contributed by atoms with Gasteiger partial charge in [0.25, 0.3) is 0 Å². The van der Waals surface area contributed by atoms with Gasteiger partial charge in [0.15, 0.2) is 11.9 Å². The van der Waals surface area contributed by atoms with Gasteiger partial charge in [-0.05, 0) is 13.8 Å². The number of carbonyl (C=O) groups excluding carboxylic acids is 1. The quantitative estimate of drug-likeness (QED) is 0.619. The summed E-state index contributed by atoms with van der Waals surface area (Å²) in [5.41, 5.74) is 4.82. The fourth-order valence-corrected chi connectivity index (χ4v) is 0.909. The third-order valence-corrected chi connectivity index (χ3v) is 1.52. The molecule has 12 heavy (non-hydrogen) atoms. The lowest BCUT2D eigenvalue weighted by molar-refractivity contribution is -0.271. The summed E-state index contributed by atoms with van der Waals surface area (Å²) in [6.45, 7) is 4.26. The largest absolute Gasteiger partial charge is 0.441 e. The Balaban J connectivity index is 2.31. The molecule has 0 aliphatic carbocycles. The highest BCUT2D eigenvalue weighted by atomic mass is 16.7. The van der Waals surface area contributed by atoms with E-state index in [1.807, 2.05) is 0 Å². The van der Waals surface area contributed by atoms with Crippen molar-refractivity contribution in [2.24, 2.45) is 5.73 Å². The van der Waals surface area contributed by atoms with Crippen molar-refractivity contribution in [1.82, 2.24) is 0 Å². The molecule has 0 bridgehead atoms. The molecule has 0 aromatic rings. The third kappa shape index (κ3) is 2.67. The van der Waals surface area contributed by atoms with Crippen LogP contribution < -0.4 is 5.73 Å². The van der Waals surface area contributed by atoms with Crippen molar-refractivity contribution in [3.05, 3.63) is 0 Å².